The van der Waals surface area contributed by atoms with Gasteiger partial charge < -0.3 is 15.5 Å². The van der Waals surface area contributed by atoms with Gasteiger partial charge in [0.1, 0.15) is 0 Å². The molecule has 0 aromatic heterocycles. The van der Waals surface area contributed by atoms with Crippen molar-refractivity contribution in [2.24, 2.45) is 0 Å². The number of nitrogens with zero attached hydrogens (tertiary/aromatic N) is 1. The van der Waals surface area contributed by atoms with Gasteiger partial charge in [-0.05, 0) is 83.1 Å². The molecular weight excluding hydrogens is 478 g/mol. The van der Waals surface area contributed by atoms with Crippen LogP contribution in [0.3, 0.4) is 0 Å². The number of hydrogen-bond acceptors (Lipinski definition) is 3. The summed E-state index contributed by atoms with van der Waals surface area (Å²) < 4.78 is 0. The SMILES string of the molecule is CCCCCCC(=O)NCCc1c(-c2ccc3cc(N4CC(C)NC(C)C4)ccc3c2)ccc2ccccc12. The second-order valence-corrected chi connectivity index (χ2v) is 11.3. The third-order valence-electron chi connectivity index (χ3n) is 8.05. The van der Waals surface area contributed by atoms with Crippen LogP contribution in [0.25, 0.3) is 32.7 Å². The molecule has 5 rings (SSSR count). The zero-order chi connectivity index (χ0) is 27.2. The Hall–Kier alpha value is -3.37. The van der Waals surface area contributed by atoms with Crippen molar-refractivity contribution < 1.29 is 4.79 Å². The normalized spacial score (nSPS) is 17.6. The predicted molar refractivity (Wildman–Crippen MR) is 167 cm³/mol. The van der Waals surface area contributed by atoms with Crippen molar-refractivity contribution in [3.05, 3.63) is 78.4 Å². The van der Waals surface area contributed by atoms with Crippen molar-refractivity contribution in [1.82, 2.24) is 10.6 Å². The van der Waals surface area contributed by atoms with Crippen LogP contribution in [0.15, 0.2) is 72.8 Å². The maximum atomic E-state index is 12.4. The zero-order valence-corrected chi connectivity index (χ0v) is 23.8. The highest BCUT2D eigenvalue weighted by Crippen LogP contribution is 2.33. The van der Waals surface area contributed by atoms with Crippen molar-refractivity contribution in [2.45, 2.75) is 71.4 Å². The van der Waals surface area contributed by atoms with E-state index in [0.717, 1.165) is 32.4 Å². The van der Waals surface area contributed by atoms with Crippen LogP contribution in [0.5, 0.6) is 0 Å². The summed E-state index contributed by atoms with van der Waals surface area (Å²) in [6, 6.07) is 27.8. The first kappa shape index (κ1) is 27.2. The van der Waals surface area contributed by atoms with Crippen LogP contribution in [0.2, 0.25) is 0 Å². The molecule has 4 heteroatoms. The van der Waals surface area contributed by atoms with Gasteiger partial charge in [-0.1, -0.05) is 80.8 Å². The van der Waals surface area contributed by atoms with Gasteiger partial charge in [-0.3, -0.25) is 4.79 Å². The van der Waals surface area contributed by atoms with Crippen molar-refractivity contribution >= 4 is 33.1 Å². The first-order valence-corrected chi connectivity index (χ1v) is 14.8. The van der Waals surface area contributed by atoms with E-state index in [0.29, 0.717) is 25.0 Å². The molecule has 0 radical (unpaired) electrons. The maximum Gasteiger partial charge on any atom is 0.220 e. The van der Waals surface area contributed by atoms with Crippen LogP contribution in [0.1, 0.15) is 58.4 Å². The summed E-state index contributed by atoms with van der Waals surface area (Å²) in [7, 11) is 0. The summed E-state index contributed by atoms with van der Waals surface area (Å²) in [5, 5.41) is 11.8. The first-order valence-electron chi connectivity index (χ1n) is 14.8. The largest absolute Gasteiger partial charge is 0.368 e. The molecule has 1 fully saturated rings. The standard InChI is InChI=1S/C35H43N3O/c1-4-5-6-7-12-35(39)36-20-19-34-32-11-9-8-10-27(32)16-18-33(34)30-14-13-29-22-31(17-15-28(29)21-30)38-23-25(2)37-26(3)24-38/h8-11,13-18,21-22,25-26,37H,4-7,12,19-20,23-24H2,1-3H3,(H,36,39). The molecule has 0 aliphatic carbocycles. The van der Waals surface area contributed by atoms with Crippen molar-refractivity contribution in [3.8, 4) is 11.1 Å². The van der Waals surface area contributed by atoms with E-state index in [2.05, 4.69) is 109 Å². The van der Waals surface area contributed by atoms with Crippen LogP contribution >= 0.6 is 0 Å². The molecule has 0 saturated carbocycles. The number of nitrogens with one attached hydrogen (secondary N) is 2. The molecule has 1 saturated heterocycles. The summed E-state index contributed by atoms with van der Waals surface area (Å²) in [6.45, 7) is 9.44. The number of fused-ring (bicyclic) bond motifs is 2. The average molecular weight is 522 g/mol. The Kier molecular flexibility index (Phi) is 8.83. The Bertz CT molecular complexity index is 1420. The van der Waals surface area contributed by atoms with E-state index in [9.17, 15) is 4.79 Å². The minimum Gasteiger partial charge on any atom is -0.368 e. The monoisotopic (exact) mass is 521 g/mol. The van der Waals surface area contributed by atoms with Gasteiger partial charge in [0.25, 0.3) is 0 Å². The van der Waals surface area contributed by atoms with Gasteiger partial charge in [0.05, 0.1) is 0 Å². The number of rotatable bonds is 10. The number of unbranched alkanes of at least 4 members (excludes halogenated alkanes) is 3. The van der Waals surface area contributed by atoms with E-state index < -0.39 is 0 Å². The van der Waals surface area contributed by atoms with Crippen LogP contribution in [-0.2, 0) is 11.2 Å². The van der Waals surface area contributed by atoms with Gasteiger partial charge in [-0.15, -0.1) is 0 Å². The first-order chi connectivity index (χ1) is 19.0. The highest BCUT2D eigenvalue weighted by Gasteiger charge is 2.21. The summed E-state index contributed by atoms with van der Waals surface area (Å²) in [6.07, 6.45) is 5.94. The van der Waals surface area contributed by atoms with E-state index in [1.54, 1.807) is 0 Å². The van der Waals surface area contributed by atoms with Crippen LogP contribution in [0.4, 0.5) is 5.69 Å². The predicted octanol–water partition coefficient (Wildman–Crippen LogP) is 7.48. The Morgan fingerprint density at radius 2 is 1.62 bits per heavy atom. The molecule has 39 heavy (non-hydrogen) atoms. The van der Waals surface area contributed by atoms with Gasteiger partial charge >= 0.3 is 0 Å². The molecule has 1 aliphatic rings. The molecule has 4 aromatic carbocycles. The molecule has 2 atom stereocenters. The van der Waals surface area contributed by atoms with Crippen molar-refractivity contribution in [1.29, 1.82) is 0 Å². The molecule has 2 N–H and O–H groups in total. The fourth-order valence-corrected chi connectivity index (χ4v) is 6.14. The Morgan fingerprint density at radius 1 is 0.872 bits per heavy atom. The lowest BCUT2D eigenvalue weighted by Crippen LogP contribution is -2.54. The quantitative estimate of drug-likeness (QED) is 0.213. The van der Waals surface area contributed by atoms with Crippen molar-refractivity contribution in [3.63, 3.8) is 0 Å². The van der Waals surface area contributed by atoms with E-state index >= 15 is 0 Å². The van der Waals surface area contributed by atoms with E-state index in [1.165, 1.54) is 56.8 Å². The molecular formula is C35H43N3O. The van der Waals surface area contributed by atoms with Gasteiger partial charge in [0.2, 0.25) is 5.91 Å². The lowest BCUT2D eigenvalue weighted by atomic mass is 9.91. The molecule has 0 bridgehead atoms. The molecule has 204 valence electrons. The van der Waals surface area contributed by atoms with Gasteiger partial charge in [-0.25, -0.2) is 0 Å². The molecule has 1 amide bonds. The van der Waals surface area contributed by atoms with Gasteiger partial charge in [0.15, 0.2) is 0 Å². The van der Waals surface area contributed by atoms with Crippen LogP contribution in [0, 0.1) is 0 Å². The fourth-order valence-electron chi connectivity index (χ4n) is 6.14. The number of anilines is 1. The summed E-state index contributed by atoms with van der Waals surface area (Å²) in [5.74, 6) is 0.169. The topological polar surface area (TPSA) is 44.4 Å². The molecule has 1 aliphatic heterocycles. The smallest absolute Gasteiger partial charge is 0.220 e. The van der Waals surface area contributed by atoms with Crippen molar-refractivity contribution in [2.75, 3.05) is 24.5 Å². The van der Waals surface area contributed by atoms with E-state index in [4.69, 9.17) is 0 Å². The number of benzene rings is 4. The minimum atomic E-state index is 0.169. The maximum absolute atomic E-state index is 12.4. The molecule has 4 aromatic rings. The molecule has 2 unspecified atom stereocenters. The Morgan fingerprint density at radius 3 is 2.44 bits per heavy atom. The fraction of sp³-hybridized carbons (Fsp3) is 0.400. The van der Waals surface area contributed by atoms with E-state index in [1.807, 2.05) is 0 Å². The minimum absolute atomic E-state index is 0.169. The molecule has 1 heterocycles. The Balaban J connectivity index is 1.38. The summed E-state index contributed by atoms with van der Waals surface area (Å²) in [4.78, 5) is 14.9. The number of carbonyl (C=O) groups is 1. The Labute approximate surface area is 233 Å². The number of carbonyl (C=O) groups excluding carboxylic acids is 1. The lowest BCUT2D eigenvalue weighted by Gasteiger charge is -2.37. The third-order valence-corrected chi connectivity index (χ3v) is 8.05. The highest BCUT2D eigenvalue weighted by atomic mass is 16.1. The van der Waals surface area contributed by atoms with Gasteiger partial charge in [-0.2, -0.15) is 0 Å². The second kappa shape index (κ2) is 12.7. The van der Waals surface area contributed by atoms with Crippen LogP contribution in [-0.4, -0.2) is 37.6 Å². The number of hydrogen-bond donors (Lipinski definition) is 2. The van der Waals surface area contributed by atoms with Crippen LogP contribution < -0.4 is 15.5 Å². The third kappa shape index (κ3) is 6.62. The second-order valence-electron chi connectivity index (χ2n) is 11.3. The summed E-state index contributed by atoms with van der Waals surface area (Å²) >= 11 is 0. The van der Waals surface area contributed by atoms with E-state index in [-0.39, 0.29) is 5.91 Å². The number of piperazine rings is 1. The summed E-state index contributed by atoms with van der Waals surface area (Å²) in [5.41, 5.74) is 5.08. The number of amides is 1. The van der Waals surface area contributed by atoms with Gasteiger partial charge in [0, 0.05) is 43.8 Å². The molecule has 0 spiro atoms. The zero-order valence-electron chi connectivity index (χ0n) is 23.8. The molecule has 4 nitrogen and oxygen atoms in total. The lowest BCUT2D eigenvalue weighted by molar-refractivity contribution is -0.121. The average Bonchev–Trinajstić information content (AvgIpc) is 2.94. The highest BCUT2D eigenvalue weighted by molar-refractivity contribution is 5.95.